The van der Waals surface area contributed by atoms with E-state index >= 15 is 0 Å². The lowest BCUT2D eigenvalue weighted by atomic mass is 10.2. The third kappa shape index (κ3) is 4.16. The Bertz CT molecular complexity index is 1100. The van der Waals surface area contributed by atoms with Crippen LogP contribution < -0.4 is 0 Å². The third-order valence-corrected chi connectivity index (χ3v) is 6.09. The lowest BCUT2D eigenvalue weighted by Crippen LogP contribution is -2.09. The highest BCUT2D eigenvalue weighted by atomic mass is 35.5. The van der Waals surface area contributed by atoms with Gasteiger partial charge in [0.15, 0.2) is 0 Å². The summed E-state index contributed by atoms with van der Waals surface area (Å²) in [4.78, 5) is 22.1. The number of rotatable bonds is 6. The second-order valence-corrected chi connectivity index (χ2v) is 8.17. The van der Waals surface area contributed by atoms with Crippen LogP contribution in [0.3, 0.4) is 0 Å². The minimum atomic E-state index is -0.374. The smallest absolute Gasteiger partial charge is 0.312 e. The van der Waals surface area contributed by atoms with Crippen LogP contribution in [0.1, 0.15) is 17.1 Å². The first-order valence-corrected chi connectivity index (χ1v) is 10.6. The van der Waals surface area contributed by atoms with Gasteiger partial charge in [-0.15, -0.1) is 22.7 Å². The van der Waals surface area contributed by atoms with Gasteiger partial charge < -0.3 is 9.15 Å². The summed E-state index contributed by atoms with van der Waals surface area (Å²) in [5.74, 6) is 0.774. The summed E-state index contributed by atoms with van der Waals surface area (Å²) in [5.41, 5.74) is 2.14. The zero-order valence-electron chi connectivity index (χ0n) is 14.8. The largest absolute Gasteiger partial charge is 0.459 e. The van der Waals surface area contributed by atoms with Crippen molar-refractivity contribution in [3.05, 3.63) is 69.3 Å². The summed E-state index contributed by atoms with van der Waals surface area (Å²) in [6.45, 7) is 1.90. The Morgan fingerprint density at radius 1 is 1.18 bits per heavy atom. The number of halogens is 1. The molecule has 0 radical (unpaired) electrons. The highest BCUT2D eigenvalue weighted by Crippen LogP contribution is 2.30. The number of carbonyl (C=O) groups excluding carboxylic acids is 1. The predicted molar refractivity (Wildman–Crippen MR) is 111 cm³/mol. The standard InChI is InChI=1S/C20H15ClN2O3S2/c1-12-16(23-19(26-12)17-7-4-8-27-17)9-18(24)25-10-13-11-28-20(22-13)14-5-2-3-6-15(14)21/h2-8,11H,9-10H2,1H3. The number of thiazole rings is 1. The van der Waals surface area contributed by atoms with E-state index in [1.165, 1.54) is 22.7 Å². The molecule has 5 nitrogen and oxygen atoms in total. The quantitative estimate of drug-likeness (QED) is 0.363. The van der Waals surface area contributed by atoms with Crippen molar-refractivity contribution in [2.45, 2.75) is 20.0 Å². The first-order chi connectivity index (χ1) is 13.6. The maximum Gasteiger partial charge on any atom is 0.312 e. The topological polar surface area (TPSA) is 65.2 Å². The summed E-state index contributed by atoms with van der Waals surface area (Å²) in [6.07, 6.45) is 0.0578. The van der Waals surface area contributed by atoms with E-state index in [0.29, 0.717) is 28.1 Å². The molecular formula is C20H15ClN2O3S2. The van der Waals surface area contributed by atoms with Gasteiger partial charge in [-0.05, 0) is 24.4 Å². The fraction of sp³-hybridized carbons (Fsp3) is 0.150. The van der Waals surface area contributed by atoms with E-state index in [4.69, 9.17) is 20.8 Å². The molecule has 0 fully saturated rings. The Morgan fingerprint density at radius 2 is 2.04 bits per heavy atom. The van der Waals surface area contributed by atoms with Crippen LogP contribution >= 0.6 is 34.3 Å². The van der Waals surface area contributed by atoms with Crippen molar-refractivity contribution in [2.75, 3.05) is 0 Å². The van der Waals surface area contributed by atoms with Crippen LogP contribution in [-0.2, 0) is 22.6 Å². The summed E-state index contributed by atoms with van der Waals surface area (Å²) in [5, 5.41) is 5.25. The first-order valence-electron chi connectivity index (χ1n) is 8.45. The minimum absolute atomic E-state index is 0.0578. The van der Waals surface area contributed by atoms with Crippen LogP contribution in [0.4, 0.5) is 0 Å². The first kappa shape index (κ1) is 18.9. The number of hydrogen-bond donors (Lipinski definition) is 0. The van der Waals surface area contributed by atoms with E-state index in [9.17, 15) is 4.79 Å². The summed E-state index contributed by atoms with van der Waals surface area (Å²) in [6, 6.07) is 11.4. The van der Waals surface area contributed by atoms with Crippen LogP contribution in [-0.4, -0.2) is 15.9 Å². The second-order valence-electron chi connectivity index (χ2n) is 5.96. The molecule has 0 N–H and O–H groups in total. The Hall–Kier alpha value is -2.48. The molecule has 0 amide bonds. The summed E-state index contributed by atoms with van der Waals surface area (Å²) < 4.78 is 11.0. The number of carbonyl (C=O) groups is 1. The molecule has 4 rings (SSSR count). The predicted octanol–water partition coefficient (Wildman–Crippen LogP) is 5.77. The van der Waals surface area contributed by atoms with Crippen LogP contribution in [0.2, 0.25) is 5.02 Å². The van der Waals surface area contributed by atoms with Gasteiger partial charge in [-0.1, -0.05) is 35.9 Å². The minimum Gasteiger partial charge on any atom is -0.459 e. The Labute approximate surface area is 174 Å². The molecule has 8 heteroatoms. The lowest BCUT2D eigenvalue weighted by Gasteiger charge is -2.02. The van der Waals surface area contributed by atoms with Gasteiger partial charge in [-0.3, -0.25) is 4.79 Å². The molecule has 4 aromatic rings. The molecule has 28 heavy (non-hydrogen) atoms. The maximum absolute atomic E-state index is 12.2. The third-order valence-electron chi connectivity index (χ3n) is 3.97. The molecule has 0 atom stereocenters. The van der Waals surface area contributed by atoms with Gasteiger partial charge in [0.2, 0.25) is 5.89 Å². The Kier molecular flexibility index (Phi) is 5.57. The van der Waals surface area contributed by atoms with E-state index in [-0.39, 0.29) is 19.0 Å². The van der Waals surface area contributed by atoms with E-state index in [2.05, 4.69) is 9.97 Å². The lowest BCUT2D eigenvalue weighted by molar-refractivity contribution is -0.144. The Morgan fingerprint density at radius 3 is 2.82 bits per heavy atom. The zero-order valence-corrected chi connectivity index (χ0v) is 17.2. The van der Waals surface area contributed by atoms with Gasteiger partial charge in [0.25, 0.3) is 0 Å². The molecule has 0 aliphatic carbocycles. The number of aryl methyl sites for hydroxylation is 1. The number of esters is 1. The Balaban J connectivity index is 1.37. The highest BCUT2D eigenvalue weighted by molar-refractivity contribution is 7.13. The van der Waals surface area contributed by atoms with Crippen molar-refractivity contribution < 1.29 is 13.9 Å². The average Bonchev–Trinajstić information content (AvgIpc) is 3.42. The van der Waals surface area contributed by atoms with Crippen molar-refractivity contribution in [3.63, 3.8) is 0 Å². The van der Waals surface area contributed by atoms with Crippen molar-refractivity contribution in [1.29, 1.82) is 0 Å². The van der Waals surface area contributed by atoms with E-state index in [1.54, 1.807) is 6.92 Å². The molecule has 0 bridgehead atoms. The number of ether oxygens (including phenoxy) is 1. The van der Waals surface area contributed by atoms with Gasteiger partial charge in [0.05, 0.1) is 27.7 Å². The number of nitrogens with zero attached hydrogens (tertiary/aromatic N) is 2. The molecule has 0 spiro atoms. The molecule has 0 unspecified atom stereocenters. The maximum atomic E-state index is 12.2. The zero-order chi connectivity index (χ0) is 19.5. The number of aromatic nitrogens is 2. The van der Waals surface area contributed by atoms with Gasteiger partial charge in [0.1, 0.15) is 17.4 Å². The van der Waals surface area contributed by atoms with E-state index < -0.39 is 0 Å². The van der Waals surface area contributed by atoms with Gasteiger partial charge in [-0.2, -0.15) is 0 Å². The fourth-order valence-corrected chi connectivity index (χ4v) is 4.35. The molecule has 0 saturated carbocycles. The molecule has 0 aliphatic heterocycles. The van der Waals surface area contributed by atoms with Crippen LogP contribution in [0.15, 0.2) is 51.6 Å². The summed E-state index contributed by atoms with van der Waals surface area (Å²) in [7, 11) is 0. The highest BCUT2D eigenvalue weighted by Gasteiger charge is 2.17. The SMILES string of the molecule is Cc1oc(-c2cccs2)nc1CC(=O)OCc1csc(-c2ccccc2Cl)n1. The van der Waals surface area contributed by atoms with Crippen LogP contribution in [0.5, 0.6) is 0 Å². The number of oxazole rings is 1. The molecule has 1 aromatic carbocycles. The van der Waals surface area contributed by atoms with Gasteiger partial charge in [-0.25, -0.2) is 9.97 Å². The van der Waals surface area contributed by atoms with Crippen molar-refractivity contribution in [3.8, 4) is 21.3 Å². The fourth-order valence-electron chi connectivity index (χ4n) is 2.57. The van der Waals surface area contributed by atoms with Gasteiger partial charge >= 0.3 is 5.97 Å². The van der Waals surface area contributed by atoms with E-state index in [1.807, 2.05) is 47.2 Å². The van der Waals surface area contributed by atoms with Crippen molar-refractivity contribution in [2.24, 2.45) is 0 Å². The molecule has 3 aromatic heterocycles. The average molecular weight is 431 g/mol. The molecule has 3 heterocycles. The van der Waals surface area contributed by atoms with Crippen LogP contribution in [0, 0.1) is 6.92 Å². The number of thiophene rings is 1. The monoisotopic (exact) mass is 430 g/mol. The number of hydrogen-bond acceptors (Lipinski definition) is 7. The normalized spacial score (nSPS) is 10.9. The van der Waals surface area contributed by atoms with Gasteiger partial charge in [0, 0.05) is 10.9 Å². The molecule has 0 saturated heterocycles. The molecular weight excluding hydrogens is 416 g/mol. The molecule has 0 aliphatic rings. The van der Waals surface area contributed by atoms with E-state index in [0.717, 1.165) is 15.4 Å². The molecule has 142 valence electrons. The van der Waals surface area contributed by atoms with Crippen molar-refractivity contribution >= 4 is 40.2 Å². The second kappa shape index (κ2) is 8.26. The van der Waals surface area contributed by atoms with Crippen molar-refractivity contribution in [1.82, 2.24) is 9.97 Å². The van der Waals surface area contributed by atoms with Crippen LogP contribution in [0.25, 0.3) is 21.3 Å². The number of benzene rings is 1. The summed E-state index contributed by atoms with van der Waals surface area (Å²) >= 11 is 9.21.